The minimum Gasteiger partial charge on any atom is -0.381 e. The Kier molecular flexibility index (Phi) is 6.64. The van der Waals surface area contributed by atoms with E-state index < -0.39 is 0 Å². The third-order valence-electron chi connectivity index (χ3n) is 3.85. The van der Waals surface area contributed by atoms with Gasteiger partial charge in [0.05, 0.1) is 13.2 Å². The molecule has 1 aromatic carbocycles. The van der Waals surface area contributed by atoms with E-state index in [9.17, 15) is 4.79 Å². The van der Waals surface area contributed by atoms with Gasteiger partial charge in [-0.25, -0.2) is 0 Å². The third kappa shape index (κ3) is 5.28. The maximum absolute atomic E-state index is 12.1. The van der Waals surface area contributed by atoms with Crippen molar-refractivity contribution in [2.45, 2.75) is 6.42 Å². The first-order chi connectivity index (χ1) is 11.6. The second kappa shape index (κ2) is 8.94. The van der Waals surface area contributed by atoms with Crippen LogP contribution < -0.4 is 10.6 Å². The lowest BCUT2D eigenvalue weighted by Crippen LogP contribution is -2.44. The summed E-state index contributed by atoms with van der Waals surface area (Å²) in [7, 11) is 3.67. The number of nitrogens with zero attached hydrogens (tertiary/aromatic N) is 2. The molecular weight excluding hydrogens is 304 g/mol. The molecule has 0 bridgehead atoms. The largest absolute Gasteiger partial charge is 0.381 e. The molecule has 2 N–H and O–H groups in total. The minimum atomic E-state index is -0.150. The number of amides is 1. The maximum Gasteiger partial charge on any atom is 0.243 e. The number of guanidine groups is 1. The zero-order valence-electron chi connectivity index (χ0n) is 14.2. The summed E-state index contributed by atoms with van der Waals surface area (Å²) in [6.45, 7) is 2.60. The van der Waals surface area contributed by atoms with Crippen LogP contribution in [-0.4, -0.2) is 57.2 Å². The molecule has 1 aromatic rings. The van der Waals surface area contributed by atoms with Gasteiger partial charge in [-0.15, -0.1) is 6.42 Å². The first kappa shape index (κ1) is 17.8. The Hall–Kier alpha value is -2.52. The van der Waals surface area contributed by atoms with Crippen molar-refractivity contribution in [3.05, 3.63) is 29.8 Å². The number of ether oxygens (including phenoxy) is 1. The number of hydrogen-bond acceptors (Lipinski definition) is 3. The van der Waals surface area contributed by atoms with Crippen molar-refractivity contribution in [2.75, 3.05) is 45.7 Å². The van der Waals surface area contributed by atoms with E-state index in [1.54, 1.807) is 19.2 Å². The highest BCUT2D eigenvalue weighted by molar-refractivity contribution is 5.95. The van der Waals surface area contributed by atoms with Crippen LogP contribution in [0.25, 0.3) is 0 Å². The fraction of sp³-hybridized carbons (Fsp3) is 0.444. The van der Waals surface area contributed by atoms with Gasteiger partial charge < -0.3 is 20.3 Å². The Morgan fingerprint density at radius 2 is 2.38 bits per heavy atom. The summed E-state index contributed by atoms with van der Waals surface area (Å²) in [6, 6.07) is 7.20. The number of hydrogen-bond donors (Lipinski definition) is 2. The summed E-state index contributed by atoms with van der Waals surface area (Å²) >= 11 is 0. The number of aliphatic imine (C=N–C) groups is 1. The first-order valence-electron chi connectivity index (χ1n) is 7.98. The molecule has 0 saturated carbocycles. The van der Waals surface area contributed by atoms with E-state index in [-0.39, 0.29) is 12.5 Å². The van der Waals surface area contributed by atoms with Gasteiger partial charge in [0.2, 0.25) is 5.91 Å². The van der Waals surface area contributed by atoms with Crippen LogP contribution in [0.3, 0.4) is 0 Å². The molecule has 0 aromatic heterocycles. The SMILES string of the molecule is C#Cc1cccc(NC(=O)CNC(=NC)N(C)CC2CCOC2)c1. The fourth-order valence-corrected chi connectivity index (χ4v) is 2.64. The minimum absolute atomic E-state index is 0.137. The average molecular weight is 328 g/mol. The Morgan fingerprint density at radius 1 is 1.54 bits per heavy atom. The Balaban J connectivity index is 1.81. The van der Waals surface area contributed by atoms with Crippen molar-refractivity contribution in [3.63, 3.8) is 0 Å². The number of carbonyl (C=O) groups excluding carboxylic acids is 1. The van der Waals surface area contributed by atoms with Gasteiger partial charge >= 0.3 is 0 Å². The number of terminal acetylenes is 1. The van der Waals surface area contributed by atoms with E-state index in [1.165, 1.54) is 0 Å². The second-order valence-electron chi connectivity index (χ2n) is 5.78. The summed E-state index contributed by atoms with van der Waals surface area (Å²) in [5.74, 6) is 3.59. The van der Waals surface area contributed by atoms with E-state index in [0.29, 0.717) is 17.6 Å². The number of benzene rings is 1. The molecule has 1 aliphatic heterocycles. The van der Waals surface area contributed by atoms with Gasteiger partial charge in [-0.05, 0) is 24.6 Å². The van der Waals surface area contributed by atoms with E-state index in [0.717, 1.165) is 31.7 Å². The predicted octanol–water partition coefficient (Wildman–Crippen LogP) is 1.15. The molecule has 0 aliphatic carbocycles. The first-order valence-corrected chi connectivity index (χ1v) is 7.98. The van der Waals surface area contributed by atoms with Crippen molar-refractivity contribution in [1.82, 2.24) is 10.2 Å². The monoisotopic (exact) mass is 328 g/mol. The molecule has 1 heterocycles. The van der Waals surface area contributed by atoms with Gasteiger partial charge in [0.25, 0.3) is 0 Å². The molecule has 1 aliphatic rings. The second-order valence-corrected chi connectivity index (χ2v) is 5.78. The highest BCUT2D eigenvalue weighted by Crippen LogP contribution is 2.13. The van der Waals surface area contributed by atoms with Gasteiger partial charge in [-0.3, -0.25) is 9.79 Å². The number of anilines is 1. The van der Waals surface area contributed by atoms with E-state index >= 15 is 0 Å². The van der Waals surface area contributed by atoms with E-state index in [2.05, 4.69) is 21.5 Å². The van der Waals surface area contributed by atoms with Crippen LogP contribution in [0.5, 0.6) is 0 Å². The van der Waals surface area contributed by atoms with Crippen LogP contribution in [0.4, 0.5) is 5.69 Å². The van der Waals surface area contributed by atoms with Crippen molar-refractivity contribution in [3.8, 4) is 12.3 Å². The van der Waals surface area contributed by atoms with Crippen LogP contribution in [-0.2, 0) is 9.53 Å². The third-order valence-corrected chi connectivity index (χ3v) is 3.85. The van der Waals surface area contributed by atoms with Crippen LogP contribution in [0, 0.1) is 18.3 Å². The van der Waals surface area contributed by atoms with Gasteiger partial charge in [0, 0.05) is 44.4 Å². The Labute approximate surface area is 143 Å². The average Bonchev–Trinajstić information content (AvgIpc) is 3.08. The summed E-state index contributed by atoms with van der Waals surface area (Å²) in [4.78, 5) is 18.3. The maximum atomic E-state index is 12.1. The number of carbonyl (C=O) groups is 1. The molecule has 1 unspecified atom stereocenters. The summed E-state index contributed by atoms with van der Waals surface area (Å²) in [6.07, 6.45) is 6.42. The quantitative estimate of drug-likeness (QED) is 0.483. The molecule has 0 spiro atoms. The van der Waals surface area contributed by atoms with Gasteiger partial charge in [0.15, 0.2) is 5.96 Å². The van der Waals surface area contributed by atoms with E-state index in [1.807, 2.05) is 24.1 Å². The van der Waals surface area contributed by atoms with Crippen molar-refractivity contribution < 1.29 is 9.53 Å². The number of rotatable bonds is 5. The molecular formula is C18H24N4O2. The molecule has 1 fully saturated rings. The molecule has 2 rings (SSSR count). The lowest BCUT2D eigenvalue weighted by atomic mass is 10.1. The molecule has 1 amide bonds. The molecule has 24 heavy (non-hydrogen) atoms. The zero-order chi connectivity index (χ0) is 17.4. The topological polar surface area (TPSA) is 66.0 Å². The smallest absolute Gasteiger partial charge is 0.243 e. The summed E-state index contributed by atoms with van der Waals surface area (Å²) in [5.41, 5.74) is 1.42. The highest BCUT2D eigenvalue weighted by Gasteiger charge is 2.19. The fourth-order valence-electron chi connectivity index (χ4n) is 2.64. The summed E-state index contributed by atoms with van der Waals surface area (Å²) in [5, 5.41) is 5.89. The number of nitrogens with one attached hydrogen (secondary N) is 2. The van der Waals surface area contributed by atoms with Gasteiger partial charge in [-0.2, -0.15) is 0 Å². The molecule has 128 valence electrons. The Bertz CT molecular complexity index is 630. The van der Waals surface area contributed by atoms with Crippen LogP contribution in [0.2, 0.25) is 0 Å². The molecule has 6 heteroatoms. The molecule has 1 saturated heterocycles. The molecule has 0 radical (unpaired) electrons. The Morgan fingerprint density at radius 3 is 3.04 bits per heavy atom. The lowest BCUT2D eigenvalue weighted by molar-refractivity contribution is -0.115. The van der Waals surface area contributed by atoms with Crippen LogP contribution in [0.15, 0.2) is 29.3 Å². The van der Waals surface area contributed by atoms with Crippen molar-refractivity contribution >= 4 is 17.6 Å². The van der Waals surface area contributed by atoms with Crippen LogP contribution >= 0.6 is 0 Å². The van der Waals surface area contributed by atoms with Crippen molar-refractivity contribution in [1.29, 1.82) is 0 Å². The molecule has 6 nitrogen and oxygen atoms in total. The predicted molar refractivity (Wildman–Crippen MR) is 95.9 cm³/mol. The van der Waals surface area contributed by atoms with Gasteiger partial charge in [0.1, 0.15) is 0 Å². The summed E-state index contributed by atoms with van der Waals surface area (Å²) < 4.78 is 5.39. The van der Waals surface area contributed by atoms with Crippen molar-refractivity contribution in [2.24, 2.45) is 10.9 Å². The highest BCUT2D eigenvalue weighted by atomic mass is 16.5. The standard InChI is InChI=1S/C18H24N4O2/c1-4-14-6-5-7-16(10-14)21-17(23)11-20-18(19-2)22(3)12-15-8-9-24-13-15/h1,5-7,10,15H,8-9,11-13H2,2-3H3,(H,19,20)(H,21,23). The normalized spacial score (nSPS) is 17.2. The lowest BCUT2D eigenvalue weighted by Gasteiger charge is -2.24. The van der Waals surface area contributed by atoms with Crippen LogP contribution in [0.1, 0.15) is 12.0 Å². The molecule has 1 atom stereocenters. The zero-order valence-corrected chi connectivity index (χ0v) is 14.2. The van der Waals surface area contributed by atoms with Gasteiger partial charge in [-0.1, -0.05) is 12.0 Å². The van der Waals surface area contributed by atoms with E-state index in [4.69, 9.17) is 11.2 Å².